The third-order valence-electron chi connectivity index (χ3n) is 3.61. The fraction of sp³-hybridized carbons (Fsp3) is 0.800. The maximum Gasteiger partial charge on any atom is 0.303 e. The Morgan fingerprint density at radius 1 is 1.00 bits per heavy atom. The van der Waals surface area contributed by atoms with Crippen LogP contribution in [0.5, 0.6) is 0 Å². The fourth-order valence-electron chi connectivity index (χ4n) is 2.57. The predicted molar refractivity (Wildman–Crippen MR) is 87.4 cm³/mol. The van der Waals surface area contributed by atoms with Crippen molar-refractivity contribution in [2.24, 2.45) is 5.73 Å². The van der Waals surface area contributed by atoms with E-state index in [1.807, 2.05) is 0 Å². The molecule has 0 spiro atoms. The monoisotopic (exact) mass is 399 g/mol. The molecule has 1 aliphatic heterocycles. The highest BCUT2D eigenvalue weighted by Gasteiger charge is 2.56. The number of esters is 3. The van der Waals surface area contributed by atoms with E-state index in [0.717, 1.165) is 32.5 Å². The van der Waals surface area contributed by atoms with Crippen LogP contribution in [0, 0.1) is 0 Å². The Morgan fingerprint density at radius 2 is 1.42 bits per heavy atom. The molecule has 0 radical (unpaired) electrons. The molecule has 2 N–H and O–H groups in total. The molecular formula is C15H23F2NO7S. The highest BCUT2D eigenvalue weighted by atomic mass is 32.2. The number of nitrogens with two attached hydrogens (primary N) is 1. The molecule has 1 heterocycles. The second kappa shape index (κ2) is 8.96. The highest BCUT2D eigenvalue weighted by molar-refractivity contribution is 7.99. The Labute approximate surface area is 154 Å². The average Bonchev–Trinajstić information content (AvgIpc) is 2.47. The molecule has 1 rings (SSSR count). The Bertz CT molecular complexity index is 543. The number of carbonyl (C=O) groups excluding carboxylic acids is 3. The van der Waals surface area contributed by atoms with Gasteiger partial charge >= 0.3 is 17.9 Å². The van der Waals surface area contributed by atoms with Crippen LogP contribution >= 0.6 is 11.8 Å². The van der Waals surface area contributed by atoms with Gasteiger partial charge in [0, 0.05) is 27.7 Å². The summed E-state index contributed by atoms with van der Waals surface area (Å²) in [4.78, 5) is 34.4. The topological polar surface area (TPSA) is 114 Å². The van der Waals surface area contributed by atoms with Crippen LogP contribution in [0.2, 0.25) is 0 Å². The van der Waals surface area contributed by atoms with E-state index in [9.17, 15) is 23.2 Å². The molecule has 26 heavy (non-hydrogen) atoms. The first kappa shape index (κ1) is 22.6. The zero-order valence-corrected chi connectivity index (χ0v) is 15.9. The molecule has 0 saturated carbocycles. The van der Waals surface area contributed by atoms with Crippen molar-refractivity contribution in [3.8, 4) is 0 Å². The van der Waals surface area contributed by atoms with E-state index in [0.29, 0.717) is 6.92 Å². The molecule has 6 atom stereocenters. The average molecular weight is 399 g/mol. The normalized spacial score (nSPS) is 30.2. The standard InChI is InChI=1S/C15H23F2NO7S/c1-6(19)22-9-10(23-7(2)20)12(24-8(3)21)14(26-5)25-11(9)13(18)15(4,16)17/h9-14H,18H2,1-5H3/t9-,10+,11+,12-,13+,14-/m1/s1. The Balaban J connectivity index is 3.37. The number of rotatable bonds is 6. The molecule has 1 aliphatic rings. The lowest BCUT2D eigenvalue weighted by atomic mass is 9.91. The third-order valence-corrected chi connectivity index (χ3v) is 4.45. The van der Waals surface area contributed by atoms with Crippen molar-refractivity contribution >= 4 is 29.7 Å². The number of hydrogen-bond acceptors (Lipinski definition) is 9. The summed E-state index contributed by atoms with van der Waals surface area (Å²) in [6.07, 6.45) is -3.92. The van der Waals surface area contributed by atoms with Crippen LogP contribution in [0.15, 0.2) is 0 Å². The minimum absolute atomic E-state index is 0.596. The summed E-state index contributed by atoms with van der Waals surface area (Å²) in [6, 6.07) is -1.86. The minimum atomic E-state index is -3.37. The molecule has 1 fully saturated rings. The number of carbonyl (C=O) groups is 3. The Hall–Kier alpha value is -1.46. The molecule has 0 bridgehead atoms. The van der Waals surface area contributed by atoms with Crippen molar-refractivity contribution in [1.82, 2.24) is 0 Å². The van der Waals surface area contributed by atoms with Crippen LogP contribution in [-0.4, -0.2) is 66.0 Å². The summed E-state index contributed by atoms with van der Waals surface area (Å²) >= 11 is 1.05. The molecule has 1 saturated heterocycles. The Kier molecular flexibility index (Phi) is 7.78. The van der Waals surface area contributed by atoms with Gasteiger partial charge in [0.05, 0.1) is 6.04 Å². The van der Waals surface area contributed by atoms with Gasteiger partial charge in [-0.2, -0.15) is 0 Å². The van der Waals surface area contributed by atoms with Gasteiger partial charge in [0.25, 0.3) is 5.92 Å². The van der Waals surface area contributed by atoms with Crippen molar-refractivity contribution < 1.29 is 42.1 Å². The van der Waals surface area contributed by atoms with Crippen molar-refractivity contribution in [3.05, 3.63) is 0 Å². The van der Waals surface area contributed by atoms with Crippen LogP contribution < -0.4 is 5.73 Å². The van der Waals surface area contributed by atoms with Gasteiger partial charge in [-0.05, 0) is 6.26 Å². The minimum Gasteiger partial charge on any atom is -0.456 e. The smallest absolute Gasteiger partial charge is 0.303 e. The van der Waals surface area contributed by atoms with E-state index < -0.39 is 59.7 Å². The largest absolute Gasteiger partial charge is 0.456 e. The molecular weight excluding hydrogens is 376 g/mol. The van der Waals surface area contributed by atoms with E-state index in [1.54, 1.807) is 6.26 Å². The number of thioether (sulfide) groups is 1. The molecule has 0 amide bonds. The quantitative estimate of drug-likeness (QED) is 0.513. The van der Waals surface area contributed by atoms with Crippen molar-refractivity contribution in [2.45, 2.75) is 69.5 Å². The summed E-state index contributed by atoms with van der Waals surface area (Å²) in [5, 5.41) is 0. The van der Waals surface area contributed by atoms with Crippen LogP contribution in [0.4, 0.5) is 8.78 Å². The summed E-state index contributed by atoms with van der Waals surface area (Å²) in [6.45, 7) is 3.86. The second-order valence-corrected chi connectivity index (χ2v) is 6.85. The van der Waals surface area contributed by atoms with Gasteiger partial charge in [-0.1, -0.05) is 0 Å². The van der Waals surface area contributed by atoms with Crippen LogP contribution in [0.3, 0.4) is 0 Å². The molecule has 0 aliphatic carbocycles. The lowest BCUT2D eigenvalue weighted by Gasteiger charge is -2.46. The number of hydrogen-bond donors (Lipinski definition) is 1. The second-order valence-electron chi connectivity index (χ2n) is 5.91. The molecule has 8 nitrogen and oxygen atoms in total. The molecule has 11 heteroatoms. The van der Waals surface area contributed by atoms with Gasteiger partial charge < -0.3 is 24.7 Å². The first-order valence-electron chi connectivity index (χ1n) is 7.71. The maximum absolute atomic E-state index is 13.8. The zero-order chi connectivity index (χ0) is 20.2. The fourth-order valence-corrected chi connectivity index (χ4v) is 3.29. The molecule has 150 valence electrons. The summed E-state index contributed by atoms with van der Waals surface area (Å²) < 4.78 is 48.6. The predicted octanol–water partition coefficient (Wildman–Crippen LogP) is 0.852. The zero-order valence-electron chi connectivity index (χ0n) is 15.1. The van der Waals surface area contributed by atoms with E-state index in [1.165, 1.54) is 0 Å². The molecule has 0 aromatic rings. The highest BCUT2D eigenvalue weighted by Crippen LogP contribution is 2.36. The number of alkyl halides is 2. The van der Waals surface area contributed by atoms with Gasteiger partial charge in [0.2, 0.25) is 0 Å². The van der Waals surface area contributed by atoms with Crippen molar-refractivity contribution in [1.29, 1.82) is 0 Å². The van der Waals surface area contributed by atoms with E-state index in [2.05, 4.69) is 0 Å². The van der Waals surface area contributed by atoms with Gasteiger partial charge in [-0.15, -0.1) is 11.8 Å². The number of halogens is 2. The first-order valence-corrected chi connectivity index (χ1v) is 9.00. The van der Waals surface area contributed by atoms with Gasteiger partial charge in [-0.25, -0.2) is 8.78 Å². The van der Waals surface area contributed by atoms with Crippen molar-refractivity contribution in [2.75, 3.05) is 6.26 Å². The van der Waals surface area contributed by atoms with Crippen molar-refractivity contribution in [3.63, 3.8) is 0 Å². The molecule has 0 unspecified atom stereocenters. The Morgan fingerprint density at radius 3 is 1.81 bits per heavy atom. The van der Waals surface area contributed by atoms with Gasteiger partial charge in [0.15, 0.2) is 18.3 Å². The van der Waals surface area contributed by atoms with Gasteiger partial charge in [0.1, 0.15) is 11.5 Å². The first-order chi connectivity index (χ1) is 11.9. The SMILES string of the molecule is CS[C@H]1O[C@H]([C@H](N)C(C)(F)F)[C@H](OC(C)=O)[C@H](OC(C)=O)[C@H]1OC(C)=O. The van der Waals surface area contributed by atoms with E-state index in [-0.39, 0.29) is 0 Å². The van der Waals surface area contributed by atoms with E-state index in [4.69, 9.17) is 24.7 Å². The van der Waals surface area contributed by atoms with E-state index >= 15 is 0 Å². The number of ether oxygens (including phenoxy) is 4. The van der Waals surface area contributed by atoms with Crippen LogP contribution in [-0.2, 0) is 33.3 Å². The summed E-state index contributed by atoms with van der Waals surface area (Å²) in [5.41, 5.74) is 4.66. The van der Waals surface area contributed by atoms with Crippen LogP contribution in [0.1, 0.15) is 27.7 Å². The lowest BCUT2D eigenvalue weighted by Crippen LogP contribution is -2.66. The summed E-state index contributed by atoms with van der Waals surface area (Å²) in [7, 11) is 0. The van der Waals surface area contributed by atoms with Gasteiger partial charge in [-0.3, -0.25) is 14.4 Å². The van der Waals surface area contributed by atoms with Crippen LogP contribution in [0.25, 0.3) is 0 Å². The lowest BCUT2D eigenvalue weighted by molar-refractivity contribution is -0.243. The maximum atomic E-state index is 13.8. The third kappa shape index (κ3) is 5.78. The summed E-state index contributed by atoms with van der Waals surface area (Å²) in [5.74, 6) is -5.68. The molecule has 0 aromatic heterocycles. The molecule has 0 aromatic carbocycles.